The molecule has 0 saturated carbocycles. The van der Waals surface area contributed by atoms with Crippen molar-refractivity contribution in [2.24, 2.45) is 0 Å². The molecule has 0 bridgehead atoms. The van der Waals surface area contributed by atoms with Gasteiger partial charge < -0.3 is 4.98 Å². The van der Waals surface area contributed by atoms with Gasteiger partial charge in [0.15, 0.2) is 0 Å². The Morgan fingerprint density at radius 1 is 1.36 bits per heavy atom. The number of aryl methyl sites for hydroxylation is 1. The smallest absolute Gasteiger partial charge is 0.246 e. The van der Waals surface area contributed by atoms with Crippen molar-refractivity contribution in [3.05, 3.63) is 47.8 Å². The average molecular weight is 323 g/mol. The first-order valence-electron chi connectivity index (χ1n) is 7.24. The molecule has 1 saturated heterocycles. The molecule has 7 heteroatoms. The summed E-state index contributed by atoms with van der Waals surface area (Å²) in [6, 6.07) is 5.50. The highest BCUT2D eigenvalue weighted by Gasteiger charge is 2.33. The number of benzene rings is 1. The number of hydrogen-bond acceptors (Lipinski definition) is 3. The number of sulfonamides is 1. The number of imidazole rings is 1. The van der Waals surface area contributed by atoms with E-state index in [0.717, 1.165) is 24.4 Å². The Bertz CT molecular complexity index is 773. The summed E-state index contributed by atoms with van der Waals surface area (Å²) in [6.07, 6.45) is 3.34. The molecule has 118 valence electrons. The molecule has 0 unspecified atom stereocenters. The van der Waals surface area contributed by atoms with Crippen molar-refractivity contribution in [2.45, 2.75) is 30.6 Å². The van der Waals surface area contributed by atoms with E-state index >= 15 is 0 Å². The molecule has 0 amide bonds. The van der Waals surface area contributed by atoms with Crippen LogP contribution in [0.1, 0.15) is 30.3 Å². The lowest BCUT2D eigenvalue weighted by Crippen LogP contribution is -2.39. The second-order valence-corrected chi connectivity index (χ2v) is 7.49. The van der Waals surface area contributed by atoms with E-state index in [1.165, 1.54) is 28.6 Å². The fourth-order valence-corrected chi connectivity index (χ4v) is 4.41. The SMILES string of the molecule is Cc1cnc([C@H]2CCCN(S(=O)(=O)c3ccccc3F)C2)[nH]1. The second-order valence-electron chi connectivity index (χ2n) is 5.58. The molecule has 2 aromatic rings. The number of nitrogens with zero attached hydrogens (tertiary/aromatic N) is 2. The number of rotatable bonds is 3. The number of aromatic nitrogens is 2. The van der Waals surface area contributed by atoms with Crippen LogP contribution in [0.25, 0.3) is 0 Å². The van der Waals surface area contributed by atoms with E-state index in [1.54, 1.807) is 6.20 Å². The molecule has 1 aromatic heterocycles. The summed E-state index contributed by atoms with van der Waals surface area (Å²) < 4.78 is 40.5. The first-order valence-corrected chi connectivity index (χ1v) is 8.68. The highest BCUT2D eigenvalue weighted by atomic mass is 32.2. The van der Waals surface area contributed by atoms with Crippen LogP contribution in [-0.2, 0) is 10.0 Å². The largest absolute Gasteiger partial charge is 0.346 e. The lowest BCUT2D eigenvalue weighted by molar-refractivity contribution is 0.309. The maximum absolute atomic E-state index is 13.8. The van der Waals surface area contributed by atoms with Crippen molar-refractivity contribution in [1.82, 2.24) is 14.3 Å². The quantitative estimate of drug-likeness (QED) is 0.943. The molecule has 1 aliphatic heterocycles. The van der Waals surface area contributed by atoms with Gasteiger partial charge in [-0.2, -0.15) is 4.31 Å². The maximum Gasteiger partial charge on any atom is 0.246 e. The van der Waals surface area contributed by atoms with Crippen LogP contribution in [0.3, 0.4) is 0 Å². The van der Waals surface area contributed by atoms with Gasteiger partial charge in [-0.3, -0.25) is 0 Å². The fourth-order valence-electron chi connectivity index (χ4n) is 2.82. The molecule has 1 atom stereocenters. The van der Waals surface area contributed by atoms with E-state index in [1.807, 2.05) is 6.92 Å². The van der Waals surface area contributed by atoms with E-state index < -0.39 is 15.8 Å². The Balaban J connectivity index is 1.87. The van der Waals surface area contributed by atoms with Crippen LogP contribution in [0.15, 0.2) is 35.4 Å². The molecule has 2 heterocycles. The molecule has 0 spiro atoms. The van der Waals surface area contributed by atoms with Gasteiger partial charge in [-0.1, -0.05) is 12.1 Å². The van der Waals surface area contributed by atoms with Crippen LogP contribution >= 0.6 is 0 Å². The van der Waals surface area contributed by atoms with E-state index in [9.17, 15) is 12.8 Å². The van der Waals surface area contributed by atoms with Crippen LogP contribution in [0.5, 0.6) is 0 Å². The fraction of sp³-hybridized carbons (Fsp3) is 0.400. The van der Waals surface area contributed by atoms with Gasteiger partial charge in [-0.15, -0.1) is 0 Å². The van der Waals surface area contributed by atoms with Crippen LogP contribution in [-0.4, -0.2) is 35.8 Å². The zero-order valence-corrected chi connectivity index (χ0v) is 13.1. The highest BCUT2D eigenvalue weighted by molar-refractivity contribution is 7.89. The molecule has 0 aliphatic carbocycles. The second kappa shape index (κ2) is 5.81. The zero-order valence-electron chi connectivity index (χ0n) is 12.3. The minimum Gasteiger partial charge on any atom is -0.346 e. The van der Waals surface area contributed by atoms with Gasteiger partial charge in [0.25, 0.3) is 0 Å². The van der Waals surface area contributed by atoms with Crippen molar-refractivity contribution in [3.8, 4) is 0 Å². The third-order valence-electron chi connectivity index (χ3n) is 3.95. The standard InChI is InChI=1S/C15H18FN3O2S/c1-11-9-17-15(18-11)12-5-4-8-19(10-12)22(20,21)14-7-3-2-6-13(14)16/h2-3,6-7,9,12H,4-5,8,10H2,1H3,(H,17,18)/t12-/m0/s1. The average Bonchev–Trinajstić information content (AvgIpc) is 2.94. The number of halogens is 1. The predicted molar refractivity (Wildman–Crippen MR) is 80.5 cm³/mol. The summed E-state index contributed by atoms with van der Waals surface area (Å²) in [5.41, 5.74) is 0.948. The molecule has 1 aromatic carbocycles. The summed E-state index contributed by atoms with van der Waals surface area (Å²) >= 11 is 0. The number of piperidine rings is 1. The van der Waals surface area contributed by atoms with Crippen molar-refractivity contribution in [3.63, 3.8) is 0 Å². The molecular formula is C15H18FN3O2S. The van der Waals surface area contributed by atoms with E-state index in [4.69, 9.17) is 0 Å². The van der Waals surface area contributed by atoms with Gasteiger partial charge in [0.1, 0.15) is 16.5 Å². The summed E-state index contributed by atoms with van der Waals surface area (Å²) in [5.74, 6) is 0.105. The topological polar surface area (TPSA) is 66.1 Å². The molecule has 5 nitrogen and oxygen atoms in total. The maximum atomic E-state index is 13.8. The van der Waals surface area contributed by atoms with E-state index in [-0.39, 0.29) is 10.8 Å². The summed E-state index contributed by atoms with van der Waals surface area (Å²) in [4.78, 5) is 7.20. The van der Waals surface area contributed by atoms with Gasteiger partial charge in [-0.25, -0.2) is 17.8 Å². The number of hydrogen-bond donors (Lipinski definition) is 1. The number of H-pyrrole nitrogens is 1. The van der Waals surface area contributed by atoms with Crippen molar-refractivity contribution in [1.29, 1.82) is 0 Å². The van der Waals surface area contributed by atoms with E-state index in [2.05, 4.69) is 9.97 Å². The van der Waals surface area contributed by atoms with Gasteiger partial charge in [0.2, 0.25) is 10.0 Å². The third-order valence-corrected chi connectivity index (χ3v) is 5.85. The lowest BCUT2D eigenvalue weighted by atomic mass is 9.99. The molecule has 1 aliphatic rings. The molecule has 22 heavy (non-hydrogen) atoms. The van der Waals surface area contributed by atoms with Gasteiger partial charge in [0.05, 0.1) is 0 Å². The normalized spacial score (nSPS) is 20.2. The van der Waals surface area contributed by atoms with Crippen molar-refractivity contribution >= 4 is 10.0 Å². The van der Waals surface area contributed by atoms with Crippen molar-refractivity contribution in [2.75, 3.05) is 13.1 Å². The molecule has 1 fully saturated rings. The summed E-state index contributed by atoms with van der Waals surface area (Å²) in [5, 5.41) is 0. The predicted octanol–water partition coefficient (Wildman–Crippen LogP) is 2.43. The first kappa shape index (κ1) is 15.2. The number of nitrogens with one attached hydrogen (secondary N) is 1. The van der Waals surface area contributed by atoms with Crippen LogP contribution in [0, 0.1) is 12.7 Å². The van der Waals surface area contributed by atoms with Crippen LogP contribution in [0.2, 0.25) is 0 Å². The Labute approximate surface area is 129 Å². The Kier molecular flexibility index (Phi) is 4.01. The zero-order chi connectivity index (χ0) is 15.7. The van der Waals surface area contributed by atoms with Gasteiger partial charge >= 0.3 is 0 Å². The van der Waals surface area contributed by atoms with Gasteiger partial charge in [0, 0.05) is 30.9 Å². The van der Waals surface area contributed by atoms with E-state index in [0.29, 0.717) is 13.1 Å². The highest BCUT2D eigenvalue weighted by Crippen LogP contribution is 2.29. The Morgan fingerprint density at radius 3 is 2.82 bits per heavy atom. The molecule has 1 N–H and O–H groups in total. The molecule has 3 rings (SSSR count). The number of aromatic amines is 1. The lowest BCUT2D eigenvalue weighted by Gasteiger charge is -2.31. The summed E-state index contributed by atoms with van der Waals surface area (Å²) in [7, 11) is -3.81. The van der Waals surface area contributed by atoms with Gasteiger partial charge in [-0.05, 0) is 31.9 Å². The molecule has 0 radical (unpaired) electrons. The third kappa shape index (κ3) is 2.78. The minimum absolute atomic E-state index is 0.0176. The Morgan fingerprint density at radius 2 is 2.14 bits per heavy atom. The molecular weight excluding hydrogens is 305 g/mol. The Hall–Kier alpha value is -1.73. The first-order chi connectivity index (χ1) is 10.5. The summed E-state index contributed by atoms with van der Waals surface area (Å²) in [6.45, 7) is 2.64. The van der Waals surface area contributed by atoms with Crippen LogP contribution < -0.4 is 0 Å². The van der Waals surface area contributed by atoms with Crippen LogP contribution in [0.4, 0.5) is 4.39 Å². The minimum atomic E-state index is -3.81. The van der Waals surface area contributed by atoms with Crippen molar-refractivity contribution < 1.29 is 12.8 Å². The monoisotopic (exact) mass is 323 g/mol.